The Bertz CT molecular complexity index is 1060. The van der Waals surface area contributed by atoms with Gasteiger partial charge in [-0.25, -0.2) is 9.97 Å². The van der Waals surface area contributed by atoms with Crippen molar-refractivity contribution in [2.75, 3.05) is 19.5 Å². The number of anilines is 1. The van der Waals surface area contributed by atoms with Crippen LogP contribution in [0, 0.1) is 0 Å². The first-order valence-electron chi connectivity index (χ1n) is 9.16. The molecule has 0 saturated heterocycles. The predicted molar refractivity (Wildman–Crippen MR) is 111 cm³/mol. The lowest BCUT2D eigenvalue weighted by Crippen LogP contribution is -2.10. The molecule has 1 aliphatic carbocycles. The van der Waals surface area contributed by atoms with Gasteiger partial charge in [-0.15, -0.1) is 11.3 Å². The Hall–Kier alpha value is -2.93. The number of carbonyl (C=O) groups is 1. The van der Waals surface area contributed by atoms with Crippen molar-refractivity contribution in [3.63, 3.8) is 0 Å². The monoisotopic (exact) mass is 395 g/mol. The van der Waals surface area contributed by atoms with Crippen LogP contribution in [0.3, 0.4) is 0 Å². The van der Waals surface area contributed by atoms with Crippen LogP contribution in [-0.2, 0) is 17.6 Å². The zero-order valence-corrected chi connectivity index (χ0v) is 16.6. The highest BCUT2D eigenvalue weighted by molar-refractivity contribution is 7.19. The smallest absolute Gasteiger partial charge is 0.249 e. The average molecular weight is 395 g/mol. The third-order valence-corrected chi connectivity index (χ3v) is 6.03. The second-order valence-corrected chi connectivity index (χ2v) is 7.63. The molecule has 6 nitrogen and oxygen atoms in total. The van der Waals surface area contributed by atoms with Crippen molar-refractivity contribution in [1.29, 1.82) is 0 Å². The van der Waals surface area contributed by atoms with Gasteiger partial charge in [0.05, 0.1) is 19.6 Å². The Morgan fingerprint density at radius 3 is 2.79 bits per heavy atom. The molecule has 2 aromatic heterocycles. The van der Waals surface area contributed by atoms with Gasteiger partial charge in [0.1, 0.15) is 17.0 Å². The lowest BCUT2D eigenvalue weighted by Gasteiger charge is -2.11. The van der Waals surface area contributed by atoms with Gasteiger partial charge in [0.15, 0.2) is 11.5 Å². The molecule has 0 radical (unpaired) electrons. The number of fused-ring (bicyclic) bond motifs is 3. The van der Waals surface area contributed by atoms with Gasteiger partial charge in [-0.2, -0.15) is 0 Å². The molecule has 0 fully saturated rings. The van der Waals surface area contributed by atoms with Crippen molar-refractivity contribution >= 4 is 39.4 Å². The minimum Gasteiger partial charge on any atom is -0.493 e. The number of nitrogens with one attached hydrogen (secondary N) is 1. The van der Waals surface area contributed by atoms with Crippen molar-refractivity contribution in [1.82, 2.24) is 9.97 Å². The van der Waals surface area contributed by atoms with E-state index in [1.54, 1.807) is 31.6 Å². The van der Waals surface area contributed by atoms with E-state index >= 15 is 0 Å². The Labute approximate surface area is 167 Å². The standard InChI is InChI=1S/C21H21N3O3S/c1-26-15-9-7-13(11-16(15)27-2)8-10-18(25)24-20-19-14-5-3-4-6-17(14)28-21(19)23-12-22-20/h7-12H,3-6H2,1-2H3,(H,22,23,24,25)/b10-8+. The van der Waals surface area contributed by atoms with Crippen LogP contribution in [0.25, 0.3) is 16.3 Å². The van der Waals surface area contributed by atoms with Crippen LogP contribution in [0.1, 0.15) is 28.8 Å². The average Bonchev–Trinajstić information content (AvgIpc) is 3.11. The zero-order chi connectivity index (χ0) is 19.5. The molecule has 0 saturated carbocycles. The van der Waals surface area contributed by atoms with Crippen LogP contribution in [0.5, 0.6) is 11.5 Å². The number of nitrogens with zero attached hydrogens (tertiary/aromatic N) is 2. The fourth-order valence-corrected chi connectivity index (χ4v) is 4.70. The summed E-state index contributed by atoms with van der Waals surface area (Å²) in [7, 11) is 3.17. The predicted octanol–water partition coefficient (Wildman–Crippen LogP) is 4.24. The molecule has 144 valence electrons. The number of hydrogen-bond acceptors (Lipinski definition) is 6. The molecule has 1 aromatic carbocycles. The van der Waals surface area contributed by atoms with Crippen LogP contribution in [0.2, 0.25) is 0 Å². The highest BCUT2D eigenvalue weighted by Gasteiger charge is 2.20. The molecular weight excluding hydrogens is 374 g/mol. The summed E-state index contributed by atoms with van der Waals surface area (Å²) in [6.07, 6.45) is 9.23. The van der Waals surface area contributed by atoms with E-state index in [2.05, 4.69) is 15.3 Å². The summed E-state index contributed by atoms with van der Waals surface area (Å²) in [4.78, 5) is 23.5. The van der Waals surface area contributed by atoms with Crippen molar-refractivity contribution in [3.8, 4) is 11.5 Å². The SMILES string of the molecule is COc1ccc(/C=C/C(=O)Nc2ncnc3sc4c(c23)CCCC4)cc1OC. The fraction of sp³-hybridized carbons (Fsp3) is 0.286. The number of methoxy groups -OCH3 is 2. The van der Waals surface area contributed by atoms with Gasteiger partial charge in [0, 0.05) is 11.0 Å². The molecule has 7 heteroatoms. The van der Waals surface area contributed by atoms with E-state index in [4.69, 9.17) is 9.47 Å². The molecule has 0 aliphatic heterocycles. The molecule has 28 heavy (non-hydrogen) atoms. The van der Waals surface area contributed by atoms with Crippen LogP contribution in [0.4, 0.5) is 5.82 Å². The van der Waals surface area contributed by atoms with E-state index in [9.17, 15) is 4.79 Å². The maximum atomic E-state index is 12.5. The lowest BCUT2D eigenvalue weighted by molar-refractivity contribution is -0.111. The molecule has 1 amide bonds. The van der Waals surface area contributed by atoms with Gasteiger partial charge in [0.25, 0.3) is 0 Å². The molecule has 3 aromatic rings. The van der Waals surface area contributed by atoms with Crippen LogP contribution < -0.4 is 14.8 Å². The summed E-state index contributed by atoms with van der Waals surface area (Å²) in [6.45, 7) is 0. The lowest BCUT2D eigenvalue weighted by atomic mass is 9.97. The molecule has 0 unspecified atom stereocenters. The van der Waals surface area contributed by atoms with E-state index in [1.807, 2.05) is 18.2 Å². The Balaban J connectivity index is 1.56. The van der Waals surface area contributed by atoms with E-state index in [1.165, 1.54) is 35.7 Å². The zero-order valence-electron chi connectivity index (χ0n) is 15.8. The molecule has 0 spiro atoms. The number of ether oxygens (including phenoxy) is 2. The third-order valence-electron chi connectivity index (χ3n) is 4.83. The van der Waals surface area contributed by atoms with Crippen molar-refractivity contribution in [2.24, 2.45) is 0 Å². The van der Waals surface area contributed by atoms with Gasteiger partial charge in [0.2, 0.25) is 5.91 Å². The highest BCUT2D eigenvalue weighted by Crippen LogP contribution is 2.38. The van der Waals surface area contributed by atoms with E-state index in [0.29, 0.717) is 17.3 Å². The maximum absolute atomic E-state index is 12.5. The molecule has 1 N–H and O–H groups in total. The maximum Gasteiger partial charge on any atom is 0.249 e. The number of hydrogen-bond donors (Lipinski definition) is 1. The fourth-order valence-electron chi connectivity index (χ4n) is 3.47. The quantitative estimate of drug-likeness (QED) is 0.654. The number of rotatable bonds is 5. The van der Waals surface area contributed by atoms with Crippen LogP contribution in [0.15, 0.2) is 30.6 Å². The number of carbonyl (C=O) groups excluding carboxylic acids is 1. The summed E-state index contributed by atoms with van der Waals surface area (Å²) >= 11 is 1.71. The number of amides is 1. The number of aryl methyl sites for hydroxylation is 2. The minimum atomic E-state index is -0.231. The summed E-state index contributed by atoms with van der Waals surface area (Å²) in [6, 6.07) is 5.49. The first-order chi connectivity index (χ1) is 13.7. The second-order valence-electron chi connectivity index (χ2n) is 6.55. The van der Waals surface area contributed by atoms with E-state index < -0.39 is 0 Å². The van der Waals surface area contributed by atoms with Crippen molar-refractivity contribution < 1.29 is 14.3 Å². The number of benzene rings is 1. The summed E-state index contributed by atoms with van der Waals surface area (Å²) in [5.74, 6) is 1.62. The number of thiophene rings is 1. The van der Waals surface area contributed by atoms with Crippen LogP contribution in [-0.4, -0.2) is 30.1 Å². The Kier molecular flexibility index (Phi) is 5.25. The topological polar surface area (TPSA) is 73.3 Å². The molecule has 1 aliphatic rings. The van der Waals surface area contributed by atoms with Gasteiger partial charge in [-0.05, 0) is 55.0 Å². The Morgan fingerprint density at radius 2 is 1.96 bits per heavy atom. The molecule has 2 heterocycles. The summed E-state index contributed by atoms with van der Waals surface area (Å²) < 4.78 is 10.5. The van der Waals surface area contributed by atoms with Gasteiger partial charge in [-0.1, -0.05) is 6.07 Å². The van der Waals surface area contributed by atoms with Gasteiger partial charge >= 0.3 is 0 Å². The van der Waals surface area contributed by atoms with Crippen LogP contribution >= 0.6 is 11.3 Å². The normalized spacial score (nSPS) is 13.5. The van der Waals surface area contributed by atoms with Gasteiger partial charge in [-0.3, -0.25) is 4.79 Å². The minimum absolute atomic E-state index is 0.231. The molecular formula is C21H21N3O3S. The van der Waals surface area contributed by atoms with Gasteiger partial charge < -0.3 is 14.8 Å². The molecule has 0 atom stereocenters. The van der Waals surface area contributed by atoms with E-state index in [0.717, 1.165) is 28.6 Å². The van der Waals surface area contributed by atoms with Crippen molar-refractivity contribution in [2.45, 2.75) is 25.7 Å². The first-order valence-corrected chi connectivity index (χ1v) is 9.97. The largest absolute Gasteiger partial charge is 0.493 e. The first kappa shape index (κ1) is 18.4. The molecule has 0 bridgehead atoms. The molecule has 4 rings (SSSR count). The third kappa shape index (κ3) is 3.57. The summed E-state index contributed by atoms with van der Waals surface area (Å²) in [5.41, 5.74) is 2.14. The second kappa shape index (κ2) is 7.98. The summed E-state index contributed by atoms with van der Waals surface area (Å²) in [5, 5.41) is 3.91. The Morgan fingerprint density at radius 1 is 1.14 bits per heavy atom. The van der Waals surface area contributed by atoms with E-state index in [-0.39, 0.29) is 5.91 Å². The highest BCUT2D eigenvalue weighted by atomic mass is 32.1. The van der Waals surface area contributed by atoms with Crippen molar-refractivity contribution in [3.05, 3.63) is 46.6 Å². The number of aromatic nitrogens is 2.